The monoisotopic (exact) mass is 386 g/mol. The van der Waals surface area contributed by atoms with Crippen molar-refractivity contribution in [3.63, 3.8) is 0 Å². The number of pyridine rings is 1. The summed E-state index contributed by atoms with van der Waals surface area (Å²) in [5.74, 6) is 0.406. The normalized spacial score (nSPS) is 10.7. The molecule has 3 rings (SSSR count). The summed E-state index contributed by atoms with van der Waals surface area (Å²) in [6.45, 7) is 4.44. The Bertz CT molecular complexity index is 981. The van der Waals surface area contributed by atoms with E-state index in [2.05, 4.69) is 15.5 Å². The first-order valence-electron chi connectivity index (χ1n) is 8.09. The molecular weight excluding hydrogens is 368 g/mol. The Morgan fingerprint density at radius 3 is 2.88 bits per heavy atom. The number of benzene rings is 1. The summed E-state index contributed by atoms with van der Waals surface area (Å²) in [7, 11) is 0. The first-order valence-corrected chi connectivity index (χ1v) is 9.89. The fraction of sp³-hybridized carbons (Fsp3) is 0.222. The third kappa shape index (κ3) is 4.39. The molecule has 0 aliphatic heterocycles. The van der Waals surface area contributed by atoms with Crippen LogP contribution in [0.4, 0.5) is 5.13 Å². The number of thioether (sulfide) groups is 1. The fourth-order valence-corrected chi connectivity index (χ4v) is 4.09. The second-order valence-corrected chi connectivity index (χ2v) is 8.09. The molecule has 0 aliphatic rings. The van der Waals surface area contributed by atoms with Crippen molar-refractivity contribution in [3.8, 4) is 0 Å². The minimum atomic E-state index is -0.474. The Kier molecular flexibility index (Phi) is 5.85. The van der Waals surface area contributed by atoms with Gasteiger partial charge in [0, 0.05) is 6.20 Å². The molecule has 6 nitrogen and oxygen atoms in total. The Morgan fingerprint density at radius 1 is 1.27 bits per heavy atom. The number of amides is 1. The summed E-state index contributed by atoms with van der Waals surface area (Å²) in [4.78, 5) is 25.1. The Hall–Kier alpha value is -2.45. The fourth-order valence-electron chi connectivity index (χ4n) is 2.45. The van der Waals surface area contributed by atoms with Crippen LogP contribution in [0.25, 0.3) is 0 Å². The SMILES string of the molecule is CCSc1nnc(NC(=O)c2cccn(Cc3cccc(C)c3)c2=O)s1. The van der Waals surface area contributed by atoms with Crippen molar-refractivity contribution in [3.05, 3.63) is 69.6 Å². The van der Waals surface area contributed by atoms with Gasteiger partial charge in [-0.3, -0.25) is 14.9 Å². The van der Waals surface area contributed by atoms with Crippen LogP contribution in [0.2, 0.25) is 0 Å². The molecule has 134 valence electrons. The van der Waals surface area contributed by atoms with Gasteiger partial charge in [0.25, 0.3) is 11.5 Å². The summed E-state index contributed by atoms with van der Waals surface area (Å²) in [6.07, 6.45) is 1.68. The van der Waals surface area contributed by atoms with Crippen LogP contribution in [-0.2, 0) is 6.54 Å². The highest BCUT2D eigenvalue weighted by molar-refractivity contribution is 8.01. The molecule has 0 unspecified atom stereocenters. The minimum Gasteiger partial charge on any atom is -0.310 e. The van der Waals surface area contributed by atoms with Crippen LogP contribution in [-0.4, -0.2) is 26.4 Å². The van der Waals surface area contributed by atoms with E-state index in [1.165, 1.54) is 22.0 Å². The maximum atomic E-state index is 12.7. The topological polar surface area (TPSA) is 76.9 Å². The van der Waals surface area contributed by atoms with Crippen LogP contribution in [0.15, 0.2) is 51.7 Å². The zero-order valence-electron chi connectivity index (χ0n) is 14.4. The molecule has 1 N–H and O–H groups in total. The van der Waals surface area contributed by atoms with E-state index < -0.39 is 5.91 Å². The molecule has 0 radical (unpaired) electrons. The van der Waals surface area contributed by atoms with E-state index in [1.54, 1.807) is 24.0 Å². The number of nitrogens with one attached hydrogen (secondary N) is 1. The summed E-state index contributed by atoms with van der Waals surface area (Å²) in [6, 6.07) is 11.2. The van der Waals surface area contributed by atoms with E-state index in [4.69, 9.17) is 0 Å². The van der Waals surface area contributed by atoms with Gasteiger partial charge in [-0.25, -0.2) is 0 Å². The molecule has 8 heteroatoms. The number of rotatable bonds is 6. The van der Waals surface area contributed by atoms with E-state index in [0.29, 0.717) is 11.7 Å². The molecule has 0 saturated heterocycles. The first-order chi connectivity index (χ1) is 12.6. The number of nitrogens with zero attached hydrogens (tertiary/aromatic N) is 3. The number of aromatic nitrogens is 3. The maximum Gasteiger partial charge on any atom is 0.263 e. The molecule has 0 atom stereocenters. The molecule has 1 aromatic carbocycles. The number of carbonyl (C=O) groups excluding carboxylic acids is 1. The van der Waals surface area contributed by atoms with Crippen molar-refractivity contribution in [2.45, 2.75) is 24.7 Å². The highest BCUT2D eigenvalue weighted by Gasteiger charge is 2.15. The highest BCUT2D eigenvalue weighted by Crippen LogP contribution is 2.25. The van der Waals surface area contributed by atoms with E-state index in [9.17, 15) is 9.59 Å². The quantitative estimate of drug-likeness (QED) is 0.519. The summed E-state index contributed by atoms with van der Waals surface area (Å²) in [5.41, 5.74) is 1.88. The summed E-state index contributed by atoms with van der Waals surface area (Å²) >= 11 is 2.85. The molecule has 0 spiro atoms. The van der Waals surface area contributed by atoms with Gasteiger partial charge in [0.2, 0.25) is 5.13 Å². The highest BCUT2D eigenvalue weighted by atomic mass is 32.2. The predicted molar refractivity (Wildman–Crippen MR) is 105 cm³/mol. The van der Waals surface area contributed by atoms with Crippen LogP contribution in [0.3, 0.4) is 0 Å². The number of hydrogen-bond donors (Lipinski definition) is 1. The maximum absolute atomic E-state index is 12.7. The van der Waals surface area contributed by atoms with Gasteiger partial charge in [-0.15, -0.1) is 10.2 Å². The van der Waals surface area contributed by atoms with Crippen molar-refractivity contribution >= 4 is 34.1 Å². The van der Waals surface area contributed by atoms with E-state index >= 15 is 0 Å². The zero-order valence-corrected chi connectivity index (χ0v) is 16.1. The standard InChI is InChI=1S/C18H18N4O2S2/c1-3-25-18-21-20-17(26-18)19-15(23)14-8-5-9-22(16(14)24)11-13-7-4-6-12(2)10-13/h4-10H,3,11H2,1-2H3,(H,19,20,23). The lowest BCUT2D eigenvalue weighted by atomic mass is 10.1. The van der Waals surface area contributed by atoms with Crippen LogP contribution in [0, 0.1) is 6.92 Å². The second kappa shape index (κ2) is 8.29. The molecule has 0 aliphatic carbocycles. The van der Waals surface area contributed by atoms with Gasteiger partial charge in [-0.05, 0) is 30.4 Å². The average molecular weight is 387 g/mol. The van der Waals surface area contributed by atoms with Crippen molar-refractivity contribution in [2.24, 2.45) is 0 Å². The van der Waals surface area contributed by atoms with E-state index in [-0.39, 0.29) is 11.1 Å². The molecule has 3 aromatic rings. The number of anilines is 1. The Balaban J connectivity index is 1.79. The average Bonchev–Trinajstić information content (AvgIpc) is 3.04. The smallest absolute Gasteiger partial charge is 0.263 e. The van der Waals surface area contributed by atoms with Gasteiger partial charge in [0.05, 0.1) is 6.54 Å². The minimum absolute atomic E-state index is 0.0834. The zero-order chi connectivity index (χ0) is 18.5. The second-order valence-electron chi connectivity index (χ2n) is 5.60. The third-order valence-electron chi connectivity index (χ3n) is 3.59. The van der Waals surface area contributed by atoms with Crippen molar-refractivity contribution < 1.29 is 4.79 Å². The molecule has 2 aromatic heterocycles. The summed E-state index contributed by atoms with van der Waals surface area (Å²) in [5, 5.41) is 11.0. The van der Waals surface area contributed by atoms with Gasteiger partial charge in [0.1, 0.15) is 5.56 Å². The summed E-state index contributed by atoms with van der Waals surface area (Å²) < 4.78 is 2.31. The van der Waals surface area contributed by atoms with Gasteiger partial charge in [-0.1, -0.05) is 59.9 Å². The lowest BCUT2D eigenvalue weighted by Crippen LogP contribution is -2.29. The van der Waals surface area contributed by atoms with Crippen molar-refractivity contribution in [1.82, 2.24) is 14.8 Å². The number of carbonyl (C=O) groups is 1. The molecule has 1 amide bonds. The number of hydrogen-bond acceptors (Lipinski definition) is 6. The van der Waals surface area contributed by atoms with E-state index in [0.717, 1.165) is 21.2 Å². The van der Waals surface area contributed by atoms with Crippen LogP contribution in [0.1, 0.15) is 28.4 Å². The lowest BCUT2D eigenvalue weighted by molar-refractivity contribution is 0.102. The lowest BCUT2D eigenvalue weighted by Gasteiger charge is -2.08. The third-order valence-corrected chi connectivity index (χ3v) is 5.45. The molecular formula is C18H18N4O2S2. The van der Waals surface area contributed by atoms with Crippen molar-refractivity contribution in [1.29, 1.82) is 0 Å². The molecule has 0 fully saturated rings. The van der Waals surface area contributed by atoms with E-state index in [1.807, 2.05) is 38.1 Å². The Morgan fingerprint density at radius 2 is 2.12 bits per heavy atom. The predicted octanol–water partition coefficient (Wildman–Crippen LogP) is 3.42. The molecule has 0 bridgehead atoms. The largest absolute Gasteiger partial charge is 0.310 e. The van der Waals surface area contributed by atoms with Gasteiger partial charge >= 0.3 is 0 Å². The van der Waals surface area contributed by atoms with Gasteiger partial charge in [-0.2, -0.15) is 0 Å². The molecule has 2 heterocycles. The van der Waals surface area contributed by atoms with Gasteiger partial charge < -0.3 is 4.57 Å². The van der Waals surface area contributed by atoms with Crippen LogP contribution >= 0.6 is 23.1 Å². The van der Waals surface area contributed by atoms with Gasteiger partial charge in [0.15, 0.2) is 4.34 Å². The number of aryl methyl sites for hydroxylation is 1. The molecule has 0 saturated carbocycles. The van der Waals surface area contributed by atoms with Crippen LogP contribution < -0.4 is 10.9 Å². The molecule has 26 heavy (non-hydrogen) atoms. The Labute approximate surface area is 159 Å². The van der Waals surface area contributed by atoms with Crippen LogP contribution in [0.5, 0.6) is 0 Å². The first kappa shape index (κ1) is 18.3. The van der Waals surface area contributed by atoms with Crippen molar-refractivity contribution in [2.75, 3.05) is 11.1 Å².